The Labute approximate surface area is 209 Å². The molecule has 0 unspecified atom stereocenters. The number of ether oxygens (including phenoxy) is 1. The molecule has 0 bridgehead atoms. The Kier molecular flexibility index (Phi) is 8.30. The van der Waals surface area contributed by atoms with Crippen LogP contribution in [0.1, 0.15) is 30.5 Å². The molecule has 0 atom stereocenters. The lowest BCUT2D eigenvalue weighted by molar-refractivity contribution is 0.147. The maximum atomic E-state index is 11.6. The number of nitrogens with one attached hydrogen (secondary N) is 2. The molecule has 1 amide bonds. The minimum atomic E-state index is -0.383. The molecule has 0 saturated heterocycles. The number of rotatable bonds is 10. The van der Waals surface area contributed by atoms with Crippen molar-refractivity contribution < 1.29 is 9.53 Å². The molecule has 0 aliphatic rings. The number of aromatic nitrogens is 2. The SMILES string of the molecule is CCCCNC(=O)OCCc1ncc(-c2ccc(-c3ccc(N=C(N)c4cccs4)cc3)cc2)[nH]1. The standard InChI is InChI=1S/C27H29N5O2S/c1-2-3-15-29-27(33)34-16-14-25-30-18-23(32-25)21-8-6-19(7-9-21)20-10-12-22(13-11-20)31-26(28)24-5-4-17-35-24/h4-13,17-18H,2-3,14-16H2,1H3,(H2,28,31)(H,29,33)(H,30,32). The number of unbranched alkanes of at least 4 members (excludes halogenated alkanes) is 1. The Hall–Kier alpha value is -3.91. The fourth-order valence-electron chi connectivity index (χ4n) is 3.48. The summed E-state index contributed by atoms with van der Waals surface area (Å²) in [6.45, 7) is 2.99. The third-order valence-electron chi connectivity index (χ3n) is 5.42. The number of benzene rings is 2. The number of aromatic amines is 1. The number of thiophene rings is 1. The van der Waals surface area contributed by atoms with Crippen LogP contribution in [0.5, 0.6) is 0 Å². The van der Waals surface area contributed by atoms with E-state index in [1.54, 1.807) is 17.5 Å². The molecule has 7 nitrogen and oxygen atoms in total. The van der Waals surface area contributed by atoms with Crippen molar-refractivity contribution in [2.24, 2.45) is 10.7 Å². The molecule has 0 saturated carbocycles. The fraction of sp³-hybridized carbons (Fsp3) is 0.222. The zero-order valence-electron chi connectivity index (χ0n) is 19.7. The lowest BCUT2D eigenvalue weighted by atomic mass is 10.0. The molecule has 35 heavy (non-hydrogen) atoms. The number of imidazole rings is 1. The Bertz CT molecular complexity index is 1250. The van der Waals surface area contributed by atoms with Crippen LogP contribution in [-0.4, -0.2) is 35.0 Å². The largest absolute Gasteiger partial charge is 0.449 e. The van der Waals surface area contributed by atoms with Crippen LogP contribution in [0.15, 0.2) is 77.2 Å². The highest BCUT2D eigenvalue weighted by Crippen LogP contribution is 2.26. The van der Waals surface area contributed by atoms with Gasteiger partial charge >= 0.3 is 6.09 Å². The predicted octanol–water partition coefficient (Wildman–Crippen LogP) is 5.91. The van der Waals surface area contributed by atoms with E-state index in [0.29, 0.717) is 18.8 Å². The van der Waals surface area contributed by atoms with Gasteiger partial charge in [-0.25, -0.2) is 14.8 Å². The van der Waals surface area contributed by atoms with Gasteiger partial charge < -0.3 is 20.8 Å². The molecule has 4 aromatic rings. The van der Waals surface area contributed by atoms with Crippen LogP contribution < -0.4 is 11.1 Å². The lowest BCUT2D eigenvalue weighted by Crippen LogP contribution is -2.26. The zero-order chi connectivity index (χ0) is 24.5. The number of nitrogens with zero attached hydrogens (tertiary/aromatic N) is 2. The Balaban J connectivity index is 1.32. The second kappa shape index (κ2) is 12.0. The minimum absolute atomic E-state index is 0.281. The molecule has 0 radical (unpaired) electrons. The predicted molar refractivity (Wildman–Crippen MR) is 142 cm³/mol. The molecule has 0 aliphatic carbocycles. The highest BCUT2D eigenvalue weighted by molar-refractivity contribution is 7.12. The van der Waals surface area contributed by atoms with Crippen LogP contribution >= 0.6 is 11.3 Å². The summed E-state index contributed by atoms with van der Waals surface area (Å²) in [7, 11) is 0. The van der Waals surface area contributed by atoms with Gasteiger partial charge in [-0.2, -0.15) is 0 Å². The summed E-state index contributed by atoms with van der Waals surface area (Å²) < 4.78 is 5.20. The molecular weight excluding hydrogens is 458 g/mol. The van der Waals surface area contributed by atoms with Crippen LogP contribution in [0.25, 0.3) is 22.4 Å². The van der Waals surface area contributed by atoms with Crippen molar-refractivity contribution in [3.63, 3.8) is 0 Å². The van der Waals surface area contributed by atoms with Gasteiger partial charge in [0.1, 0.15) is 18.3 Å². The van der Waals surface area contributed by atoms with Crippen molar-refractivity contribution in [1.82, 2.24) is 15.3 Å². The second-order valence-corrected chi connectivity index (χ2v) is 8.96. The fourth-order valence-corrected chi connectivity index (χ4v) is 4.11. The maximum absolute atomic E-state index is 11.6. The molecule has 180 valence electrons. The molecular formula is C27H29N5O2S. The van der Waals surface area contributed by atoms with Gasteiger partial charge in [-0.05, 0) is 46.7 Å². The van der Waals surface area contributed by atoms with Crippen LogP contribution in [0.2, 0.25) is 0 Å². The Morgan fingerprint density at radius 3 is 2.49 bits per heavy atom. The topological polar surface area (TPSA) is 105 Å². The van der Waals surface area contributed by atoms with Crippen LogP contribution in [0, 0.1) is 0 Å². The molecule has 2 aromatic heterocycles. The monoisotopic (exact) mass is 487 g/mol. The molecule has 2 heterocycles. The molecule has 4 rings (SSSR count). The van der Waals surface area contributed by atoms with E-state index < -0.39 is 0 Å². The number of H-pyrrole nitrogens is 1. The van der Waals surface area contributed by atoms with Gasteiger partial charge in [0.05, 0.1) is 22.5 Å². The van der Waals surface area contributed by atoms with Gasteiger partial charge in [0.25, 0.3) is 0 Å². The number of carbonyl (C=O) groups excluding carboxylic acids is 1. The van der Waals surface area contributed by atoms with Gasteiger partial charge in [-0.3, -0.25) is 0 Å². The average molecular weight is 488 g/mol. The van der Waals surface area contributed by atoms with E-state index >= 15 is 0 Å². The van der Waals surface area contributed by atoms with Gasteiger partial charge in [0.15, 0.2) is 0 Å². The van der Waals surface area contributed by atoms with Gasteiger partial charge in [0, 0.05) is 13.0 Å². The second-order valence-electron chi connectivity index (χ2n) is 8.01. The quantitative estimate of drug-likeness (QED) is 0.147. The van der Waals surface area contributed by atoms with E-state index in [4.69, 9.17) is 10.5 Å². The molecule has 8 heteroatoms. The molecule has 0 fully saturated rings. The van der Waals surface area contributed by atoms with Crippen molar-refractivity contribution in [3.05, 3.63) is 82.9 Å². The highest BCUT2D eigenvalue weighted by atomic mass is 32.1. The lowest BCUT2D eigenvalue weighted by Gasteiger charge is -2.05. The third-order valence-corrected chi connectivity index (χ3v) is 6.31. The number of hydrogen-bond acceptors (Lipinski definition) is 5. The Morgan fingerprint density at radius 1 is 1.09 bits per heavy atom. The van der Waals surface area contributed by atoms with Crippen LogP contribution in [-0.2, 0) is 11.2 Å². The van der Waals surface area contributed by atoms with E-state index in [0.717, 1.165) is 51.6 Å². The number of hydrogen-bond donors (Lipinski definition) is 3. The van der Waals surface area contributed by atoms with Crippen molar-refractivity contribution in [2.75, 3.05) is 13.2 Å². The van der Waals surface area contributed by atoms with Crippen LogP contribution in [0.4, 0.5) is 10.5 Å². The van der Waals surface area contributed by atoms with Crippen LogP contribution in [0.3, 0.4) is 0 Å². The summed E-state index contributed by atoms with van der Waals surface area (Å²) >= 11 is 1.57. The zero-order valence-corrected chi connectivity index (χ0v) is 20.5. The van der Waals surface area contributed by atoms with E-state index in [1.807, 2.05) is 41.8 Å². The average Bonchev–Trinajstić information content (AvgIpc) is 3.58. The first-order chi connectivity index (χ1) is 17.1. The van der Waals surface area contributed by atoms with Gasteiger partial charge in [-0.15, -0.1) is 11.3 Å². The van der Waals surface area contributed by atoms with Crippen molar-refractivity contribution in [3.8, 4) is 22.4 Å². The third kappa shape index (κ3) is 6.80. The van der Waals surface area contributed by atoms with Gasteiger partial charge in [0.2, 0.25) is 0 Å². The molecule has 2 aromatic carbocycles. The van der Waals surface area contributed by atoms with Crippen molar-refractivity contribution >= 4 is 29.0 Å². The first kappa shape index (κ1) is 24.2. The normalized spacial score (nSPS) is 11.4. The Morgan fingerprint density at radius 2 is 1.80 bits per heavy atom. The van der Waals surface area contributed by atoms with Gasteiger partial charge in [-0.1, -0.05) is 55.8 Å². The first-order valence-corrected chi connectivity index (χ1v) is 12.5. The number of carbonyl (C=O) groups is 1. The number of amidine groups is 1. The molecule has 4 N–H and O–H groups in total. The minimum Gasteiger partial charge on any atom is -0.449 e. The number of aliphatic imine (C=N–C) groups is 1. The summed E-state index contributed by atoms with van der Waals surface area (Å²) in [5.41, 5.74) is 11.1. The van der Waals surface area contributed by atoms with E-state index in [1.165, 1.54) is 0 Å². The number of nitrogens with two attached hydrogens (primary N) is 1. The summed E-state index contributed by atoms with van der Waals surface area (Å²) in [6.07, 6.45) is 3.93. The number of alkyl carbamates (subject to hydrolysis) is 1. The van der Waals surface area contributed by atoms with E-state index in [9.17, 15) is 4.79 Å². The summed E-state index contributed by atoms with van der Waals surface area (Å²) in [4.78, 5) is 24.8. The summed E-state index contributed by atoms with van der Waals surface area (Å²) in [5, 5.41) is 4.72. The van der Waals surface area contributed by atoms with E-state index in [2.05, 4.69) is 51.5 Å². The highest BCUT2D eigenvalue weighted by Gasteiger charge is 2.07. The molecule has 0 spiro atoms. The number of amides is 1. The molecule has 0 aliphatic heterocycles. The summed E-state index contributed by atoms with van der Waals surface area (Å²) in [5.74, 6) is 1.31. The smallest absolute Gasteiger partial charge is 0.407 e. The maximum Gasteiger partial charge on any atom is 0.407 e. The van der Waals surface area contributed by atoms with Crippen molar-refractivity contribution in [2.45, 2.75) is 26.2 Å². The summed E-state index contributed by atoms with van der Waals surface area (Å²) in [6, 6.07) is 20.2. The van der Waals surface area contributed by atoms with E-state index in [-0.39, 0.29) is 12.7 Å². The first-order valence-electron chi connectivity index (χ1n) is 11.7. The van der Waals surface area contributed by atoms with Crippen molar-refractivity contribution in [1.29, 1.82) is 0 Å².